The molecule has 5 rings (SSSR count). The number of rotatable bonds is 4. The lowest BCUT2D eigenvalue weighted by Crippen LogP contribution is -2.46. The molecule has 0 bridgehead atoms. The summed E-state index contributed by atoms with van der Waals surface area (Å²) < 4.78 is 2.22. The van der Waals surface area contributed by atoms with Crippen LogP contribution in [0, 0.1) is 0 Å². The highest BCUT2D eigenvalue weighted by atomic mass is 16.2. The van der Waals surface area contributed by atoms with Gasteiger partial charge in [0.15, 0.2) is 0 Å². The topological polar surface area (TPSA) is 50.2 Å². The molecule has 1 N–H and O–H groups in total. The number of fused-ring (bicyclic) bond motifs is 2. The second-order valence-electron chi connectivity index (χ2n) is 7.86. The molecular formula is C25H30N4O. The van der Waals surface area contributed by atoms with Crippen LogP contribution in [0.5, 0.6) is 0 Å². The minimum Gasteiger partial charge on any atom is -0.329 e. The average molecular weight is 403 g/mol. The molecule has 3 heterocycles. The molecule has 5 heteroatoms. The van der Waals surface area contributed by atoms with Crippen LogP contribution in [0.1, 0.15) is 43.5 Å². The number of piperidine rings is 1. The van der Waals surface area contributed by atoms with Gasteiger partial charge in [0.2, 0.25) is 5.91 Å². The maximum Gasteiger partial charge on any atom is 0.235 e. The fourth-order valence-electron chi connectivity index (χ4n) is 4.59. The highest BCUT2D eigenvalue weighted by Crippen LogP contribution is 2.44. The SMILES string of the molecule is CC.O=C1Nc2ccccc2C12CCN(Cc1cncn1Cc1ccccc1)CC2. The van der Waals surface area contributed by atoms with Gasteiger partial charge in [-0.2, -0.15) is 0 Å². The van der Waals surface area contributed by atoms with E-state index in [9.17, 15) is 4.79 Å². The number of likely N-dealkylation sites (tertiary alicyclic amines) is 1. The van der Waals surface area contributed by atoms with Crippen LogP contribution in [-0.2, 0) is 23.3 Å². The van der Waals surface area contributed by atoms with Crippen LogP contribution in [0.3, 0.4) is 0 Å². The Labute approximate surface area is 178 Å². The van der Waals surface area contributed by atoms with E-state index in [0.29, 0.717) is 0 Å². The van der Waals surface area contributed by atoms with Crippen molar-refractivity contribution in [1.29, 1.82) is 0 Å². The first-order chi connectivity index (χ1) is 14.7. The van der Waals surface area contributed by atoms with E-state index in [4.69, 9.17) is 0 Å². The largest absolute Gasteiger partial charge is 0.329 e. The summed E-state index contributed by atoms with van der Waals surface area (Å²) >= 11 is 0. The number of benzene rings is 2. The van der Waals surface area contributed by atoms with Crippen LogP contribution in [0.2, 0.25) is 0 Å². The lowest BCUT2D eigenvalue weighted by molar-refractivity contribution is -0.122. The Bertz CT molecular complexity index is 987. The van der Waals surface area contributed by atoms with Crippen molar-refractivity contribution in [3.05, 3.63) is 83.9 Å². The molecule has 0 aliphatic carbocycles. The number of aromatic nitrogens is 2. The summed E-state index contributed by atoms with van der Waals surface area (Å²) in [5, 5.41) is 3.08. The molecule has 1 fully saturated rings. The number of nitrogens with one attached hydrogen (secondary N) is 1. The van der Waals surface area contributed by atoms with E-state index in [1.165, 1.54) is 16.8 Å². The summed E-state index contributed by atoms with van der Waals surface area (Å²) in [5.74, 6) is 0.169. The van der Waals surface area contributed by atoms with Crippen molar-refractivity contribution >= 4 is 11.6 Å². The first kappa shape index (κ1) is 20.4. The highest BCUT2D eigenvalue weighted by molar-refractivity contribution is 6.06. The Morgan fingerprint density at radius 2 is 1.67 bits per heavy atom. The molecule has 30 heavy (non-hydrogen) atoms. The molecule has 156 valence electrons. The predicted octanol–water partition coefficient (Wildman–Crippen LogP) is 4.44. The van der Waals surface area contributed by atoms with E-state index >= 15 is 0 Å². The molecule has 0 unspecified atom stereocenters. The average Bonchev–Trinajstić information content (AvgIpc) is 3.34. The first-order valence-corrected chi connectivity index (χ1v) is 10.9. The van der Waals surface area contributed by atoms with Crippen molar-refractivity contribution in [2.24, 2.45) is 0 Å². The van der Waals surface area contributed by atoms with Crippen molar-refractivity contribution in [2.75, 3.05) is 18.4 Å². The Balaban J connectivity index is 0.00000106. The van der Waals surface area contributed by atoms with Crippen LogP contribution in [-0.4, -0.2) is 33.4 Å². The maximum absolute atomic E-state index is 12.7. The Kier molecular flexibility index (Phi) is 6.00. The van der Waals surface area contributed by atoms with E-state index in [1.54, 1.807) is 0 Å². The number of nitrogens with zero attached hydrogens (tertiary/aromatic N) is 3. The quantitative estimate of drug-likeness (QED) is 0.702. The molecule has 1 aromatic heterocycles. The number of hydrogen-bond donors (Lipinski definition) is 1. The van der Waals surface area contributed by atoms with Gasteiger partial charge in [-0.25, -0.2) is 4.98 Å². The van der Waals surface area contributed by atoms with Gasteiger partial charge in [-0.05, 0) is 43.1 Å². The van der Waals surface area contributed by atoms with Crippen molar-refractivity contribution in [3.63, 3.8) is 0 Å². The monoisotopic (exact) mass is 402 g/mol. The number of anilines is 1. The predicted molar refractivity (Wildman–Crippen MR) is 120 cm³/mol. The molecule has 2 aromatic carbocycles. The van der Waals surface area contributed by atoms with Crippen molar-refractivity contribution in [1.82, 2.24) is 14.5 Å². The second kappa shape index (κ2) is 8.84. The van der Waals surface area contributed by atoms with Gasteiger partial charge in [0.25, 0.3) is 0 Å². The second-order valence-corrected chi connectivity index (χ2v) is 7.86. The Morgan fingerprint density at radius 3 is 2.43 bits per heavy atom. The third kappa shape index (κ3) is 3.77. The molecular weight excluding hydrogens is 372 g/mol. The zero-order chi connectivity index (χ0) is 21.0. The molecule has 2 aliphatic rings. The molecule has 1 saturated heterocycles. The maximum atomic E-state index is 12.7. The van der Waals surface area contributed by atoms with Crippen molar-refractivity contribution in [3.8, 4) is 0 Å². The normalized spacial score (nSPS) is 17.2. The number of amides is 1. The van der Waals surface area contributed by atoms with Gasteiger partial charge in [0.05, 0.1) is 17.4 Å². The van der Waals surface area contributed by atoms with Gasteiger partial charge < -0.3 is 9.88 Å². The van der Waals surface area contributed by atoms with Gasteiger partial charge >= 0.3 is 0 Å². The van der Waals surface area contributed by atoms with E-state index in [0.717, 1.165) is 44.7 Å². The molecule has 0 saturated carbocycles. The van der Waals surface area contributed by atoms with Gasteiger partial charge in [0.1, 0.15) is 0 Å². The van der Waals surface area contributed by atoms with Gasteiger partial charge in [-0.3, -0.25) is 9.69 Å². The molecule has 0 radical (unpaired) electrons. The molecule has 1 amide bonds. The number of para-hydroxylation sites is 1. The number of imidazole rings is 1. The van der Waals surface area contributed by atoms with Crippen LogP contribution >= 0.6 is 0 Å². The third-order valence-corrected chi connectivity index (χ3v) is 6.21. The molecule has 5 nitrogen and oxygen atoms in total. The van der Waals surface area contributed by atoms with Crippen LogP contribution in [0.4, 0.5) is 5.69 Å². The van der Waals surface area contributed by atoms with E-state index in [-0.39, 0.29) is 11.3 Å². The van der Waals surface area contributed by atoms with Gasteiger partial charge in [-0.15, -0.1) is 0 Å². The van der Waals surface area contributed by atoms with E-state index < -0.39 is 0 Å². The number of carbonyl (C=O) groups excluding carboxylic acids is 1. The summed E-state index contributed by atoms with van der Waals surface area (Å²) in [5.41, 5.74) is 4.31. The number of carbonyl (C=O) groups is 1. The minimum atomic E-state index is -0.350. The Hall–Kier alpha value is -2.92. The summed E-state index contributed by atoms with van der Waals surface area (Å²) in [7, 11) is 0. The fourth-order valence-corrected chi connectivity index (χ4v) is 4.59. The molecule has 1 spiro atoms. The molecule has 3 aromatic rings. The summed E-state index contributed by atoms with van der Waals surface area (Å²) in [4.78, 5) is 19.6. The smallest absolute Gasteiger partial charge is 0.235 e. The number of hydrogen-bond acceptors (Lipinski definition) is 3. The Morgan fingerprint density at radius 1 is 0.967 bits per heavy atom. The summed E-state index contributed by atoms with van der Waals surface area (Å²) in [6, 6.07) is 18.6. The lowest BCUT2D eigenvalue weighted by Gasteiger charge is -2.38. The summed E-state index contributed by atoms with van der Waals surface area (Å²) in [6.45, 7) is 7.53. The minimum absolute atomic E-state index is 0.169. The first-order valence-electron chi connectivity index (χ1n) is 10.9. The van der Waals surface area contributed by atoms with Crippen molar-refractivity contribution in [2.45, 2.75) is 45.2 Å². The van der Waals surface area contributed by atoms with Crippen molar-refractivity contribution < 1.29 is 4.79 Å². The summed E-state index contributed by atoms with van der Waals surface area (Å²) in [6.07, 6.45) is 5.60. The zero-order valence-electron chi connectivity index (χ0n) is 17.8. The van der Waals surface area contributed by atoms with E-state index in [2.05, 4.69) is 50.1 Å². The highest BCUT2D eigenvalue weighted by Gasteiger charge is 2.48. The zero-order valence-corrected chi connectivity index (χ0v) is 17.8. The lowest BCUT2D eigenvalue weighted by atomic mass is 9.73. The third-order valence-electron chi connectivity index (χ3n) is 6.21. The molecule has 2 aliphatic heterocycles. The van der Waals surface area contributed by atoms with Crippen LogP contribution in [0.15, 0.2) is 67.1 Å². The van der Waals surface area contributed by atoms with Gasteiger partial charge in [0, 0.05) is 25.0 Å². The molecule has 0 atom stereocenters. The van der Waals surface area contributed by atoms with Gasteiger partial charge in [-0.1, -0.05) is 62.4 Å². The standard InChI is InChI=1S/C23H24N4O.C2H6/c28-22-23(20-8-4-5-9-21(20)25-22)10-12-26(13-11-23)16-19-14-24-17-27(19)15-18-6-2-1-3-7-18;1-2/h1-9,14,17H,10-13,15-16H2,(H,25,28);1-2H3. The fraction of sp³-hybridized carbons (Fsp3) is 0.360. The van der Waals surface area contributed by atoms with Crippen LogP contribution < -0.4 is 5.32 Å². The van der Waals surface area contributed by atoms with E-state index in [1.807, 2.05) is 50.6 Å². The van der Waals surface area contributed by atoms with Crippen LogP contribution in [0.25, 0.3) is 0 Å².